The molecule has 0 atom stereocenters. The number of anilines is 2. The van der Waals surface area contributed by atoms with E-state index in [4.69, 9.17) is 0 Å². The molecular formula is C15H16FN3O. The second kappa shape index (κ2) is 6.14. The Morgan fingerprint density at radius 1 is 1.25 bits per heavy atom. The molecule has 0 unspecified atom stereocenters. The summed E-state index contributed by atoms with van der Waals surface area (Å²) in [5.74, 6) is -0.726. The van der Waals surface area contributed by atoms with E-state index in [0.29, 0.717) is 16.9 Å². The highest BCUT2D eigenvalue weighted by Crippen LogP contribution is 2.24. The van der Waals surface area contributed by atoms with Crippen molar-refractivity contribution in [2.24, 2.45) is 0 Å². The zero-order chi connectivity index (χ0) is 14.5. The average Bonchev–Trinajstić information content (AvgIpc) is 2.42. The zero-order valence-electron chi connectivity index (χ0n) is 11.4. The maximum Gasteiger partial charge on any atom is 0.257 e. The topological polar surface area (TPSA) is 54.0 Å². The van der Waals surface area contributed by atoms with E-state index in [1.807, 2.05) is 13.8 Å². The van der Waals surface area contributed by atoms with Crippen LogP contribution in [-0.2, 0) is 0 Å². The maximum absolute atomic E-state index is 13.3. The molecule has 1 aromatic carbocycles. The summed E-state index contributed by atoms with van der Waals surface area (Å²) >= 11 is 0. The molecule has 1 heterocycles. The normalized spacial score (nSPS) is 10.4. The third-order valence-corrected chi connectivity index (χ3v) is 2.60. The van der Waals surface area contributed by atoms with Gasteiger partial charge in [0.25, 0.3) is 5.91 Å². The Balaban J connectivity index is 2.24. The summed E-state index contributed by atoms with van der Waals surface area (Å²) < 4.78 is 13.3. The number of nitrogens with one attached hydrogen (secondary N) is 2. The predicted molar refractivity (Wildman–Crippen MR) is 77.3 cm³/mol. The summed E-state index contributed by atoms with van der Waals surface area (Å²) in [7, 11) is 0. The fourth-order valence-electron chi connectivity index (χ4n) is 1.75. The first-order valence-corrected chi connectivity index (χ1v) is 6.33. The van der Waals surface area contributed by atoms with Crippen LogP contribution in [0.3, 0.4) is 0 Å². The number of hydrogen-bond donors (Lipinski definition) is 2. The molecular weight excluding hydrogens is 257 g/mol. The predicted octanol–water partition coefficient (Wildman–Crippen LogP) is 3.29. The Bertz CT molecular complexity index is 599. The van der Waals surface area contributed by atoms with Crippen molar-refractivity contribution in [2.75, 3.05) is 10.6 Å². The maximum atomic E-state index is 13.3. The number of pyridine rings is 1. The Labute approximate surface area is 117 Å². The van der Waals surface area contributed by atoms with Gasteiger partial charge in [-0.3, -0.25) is 9.78 Å². The number of aromatic nitrogens is 1. The smallest absolute Gasteiger partial charge is 0.257 e. The van der Waals surface area contributed by atoms with Gasteiger partial charge in [0.2, 0.25) is 0 Å². The van der Waals surface area contributed by atoms with E-state index in [1.165, 1.54) is 18.3 Å². The van der Waals surface area contributed by atoms with E-state index >= 15 is 0 Å². The average molecular weight is 273 g/mol. The van der Waals surface area contributed by atoms with Crippen LogP contribution in [0.1, 0.15) is 24.2 Å². The van der Waals surface area contributed by atoms with Crippen LogP contribution in [0.4, 0.5) is 15.8 Å². The molecule has 0 aliphatic carbocycles. The van der Waals surface area contributed by atoms with E-state index in [-0.39, 0.29) is 11.9 Å². The van der Waals surface area contributed by atoms with Crippen LogP contribution in [0.15, 0.2) is 42.7 Å². The molecule has 2 N–H and O–H groups in total. The van der Waals surface area contributed by atoms with Crippen molar-refractivity contribution in [3.8, 4) is 0 Å². The van der Waals surface area contributed by atoms with Gasteiger partial charge in [-0.1, -0.05) is 0 Å². The third-order valence-electron chi connectivity index (χ3n) is 2.60. The first-order valence-electron chi connectivity index (χ1n) is 6.33. The van der Waals surface area contributed by atoms with E-state index in [1.54, 1.807) is 24.4 Å². The molecule has 0 saturated carbocycles. The first-order chi connectivity index (χ1) is 9.56. The lowest BCUT2D eigenvalue weighted by atomic mass is 10.2. The number of hydrogen-bond acceptors (Lipinski definition) is 3. The number of carbonyl (C=O) groups is 1. The van der Waals surface area contributed by atoms with Gasteiger partial charge in [0.15, 0.2) is 0 Å². The highest BCUT2D eigenvalue weighted by atomic mass is 19.1. The number of benzene rings is 1. The van der Waals surface area contributed by atoms with Crippen LogP contribution < -0.4 is 10.6 Å². The van der Waals surface area contributed by atoms with Crippen LogP contribution >= 0.6 is 0 Å². The van der Waals surface area contributed by atoms with Gasteiger partial charge in [-0.05, 0) is 44.2 Å². The molecule has 0 bridgehead atoms. The van der Waals surface area contributed by atoms with Gasteiger partial charge in [0.1, 0.15) is 5.82 Å². The summed E-state index contributed by atoms with van der Waals surface area (Å²) in [6.45, 7) is 3.94. The fraction of sp³-hybridized carbons (Fsp3) is 0.200. The van der Waals surface area contributed by atoms with Gasteiger partial charge < -0.3 is 10.6 Å². The van der Waals surface area contributed by atoms with Crippen LogP contribution in [0.5, 0.6) is 0 Å². The molecule has 20 heavy (non-hydrogen) atoms. The molecule has 1 aromatic heterocycles. The van der Waals surface area contributed by atoms with Crippen LogP contribution in [-0.4, -0.2) is 16.9 Å². The van der Waals surface area contributed by atoms with Gasteiger partial charge in [-0.25, -0.2) is 4.39 Å². The van der Waals surface area contributed by atoms with Crippen molar-refractivity contribution in [1.82, 2.24) is 4.98 Å². The number of carbonyl (C=O) groups excluding carboxylic acids is 1. The summed E-state index contributed by atoms with van der Waals surface area (Å²) in [6, 6.07) is 7.75. The molecule has 0 fully saturated rings. The SMILES string of the molecule is CC(C)Nc1ccc(F)cc1NC(=O)c1cccnc1. The molecule has 0 aliphatic rings. The van der Waals surface area contributed by atoms with Crippen molar-refractivity contribution < 1.29 is 9.18 Å². The lowest BCUT2D eigenvalue weighted by Crippen LogP contribution is -2.16. The van der Waals surface area contributed by atoms with Crippen molar-refractivity contribution >= 4 is 17.3 Å². The monoisotopic (exact) mass is 273 g/mol. The molecule has 0 spiro atoms. The van der Waals surface area contributed by atoms with Crippen LogP contribution in [0.25, 0.3) is 0 Å². The van der Waals surface area contributed by atoms with Crippen LogP contribution in [0, 0.1) is 5.82 Å². The van der Waals surface area contributed by atoms with Crippen molar-refractivity contribution in [1.29, 1.82) is 0 Å². The molecule has 2 aromatic rings. The third kappa shape index (κ3) is 3.54. The standard InChI is InChI=1S/C15H16FN3O/c1-10(2)18-13-6-5-12(16)8-14(13)19-15(20)11-4-3-7-17-9-11/h3-10,18H,1-2H3,(H,19,20). The van der Waals surface area contributed by atoms with E-state index in [9.17, 15) is 9.18 Å². The lowest BCUT2D eigenvalue weighted by molar-refractivity contribution is 0.102. The van der Waals surface area contributed by atoms with Gasteiger partial charge in [-0.2, -0.15) is 0 Å². The largest absolute Gasteiger partial charge is 0.381 e. The molecule has 0 saturated heterocycles. The fourth-order valence-corrected chi connectivity index (χ4v) is 1.75. The summed E-state index contributed by atoms with van der Waals surface area (Å²) in [4.78, 5) is 15.9. The number of rotatable bonds is 4. The van der Waals surface area contributed by atoms with Gasteiger partial charge in [0, 0.05) is 18.4 Å². The van der Waals surface area contributed by atoms with Gasteiger partial charge in [0.05, 0.1) is 16.9 Å². The minimum Gasteiger partial charge on any atom is -0.381 e. The number of amides is 1. The quantitative estimate of drug-likeness (QED) is 0.898. The number of nitrogens with zero attached hydrogens (tertiary/aromatic N) is 1. The number of halogens is 1. The minimum atomic E-state index is -0.402. The molecule has 4 nitrogen and oxygen atoms in total. The summed E-state index contributed by atoms with van der Waals surface area (Å²) in [5.41, 5.74) is 1.51. The zero-order valence-corrected chi connectivity index (χ0v) is 11.4. The van der Waals surface area contributed by atoms with E-state index in [0.717, 1.165) is 0 Å². The lowest BCUT2D eigenvalue weighted by Gasteiger charge is -2.15. The summed E-state index contributed by atoms with van der Waals surface area (Å²) in [5, 5.41) is 5.85. The Hall–Kier alpha value is -2.43. The molecule has 2 rings (SSSR count). The highest BCUT2D eigenvalue weighted by molar-refractivity contribution is 6.05. The second-order valence-corrected chi connectivity index (χ2v) is 4.68. The molecule has 5 heteroatoms. The van der Waals surface area contributed by atoms with Gasteiger partial charge in [-0.15, -0.1) is 0 Å². The van der Waals surface area contributed by atoms with Gasteiger partial charge >= 0.3 is 0 Å². The van der Waals surface area contributed by atoms with E-state index in [2.05, 4.69) is 15.6 Å². The summed E-state index contributed by atoms with van der Waals surface area (Å²) in [6.07, 6.45) is 3.05. The van der Waals surface area contributed by atoms with Crippen molar-refractivity contribution in [3.05, 3.63) is 54.1 Å². The van der Waals surface area contributed by atoms with Crippen LogP contribution in [0.2, 0.25) is 0 Å². The van der Waals surface area contributed by atoms with Crippen molar-refractivity contribution in [3.63, 3.8) is 0 Å². The minimum absolute atomic E-state index is 0.175. The van der Waals surface area contributed by atoms with E-state index < -0.39 is 5.82 Å². The first kappa shape index (κ1) is 14.0. The Kier molecular flexibility index (Phi) is 4.30. The Morgan fingerprint density at radius 3 is 2.70 bits per heavy atom. The second-order valence-electron chi connectivity index (χ2n) is 4.68. The molecule has 104 valence electrons. The molecule has 0 radical (unpaired) electrons. The molecule has 0 aliphatic heterocycles. The Morgan fingerprint density at radius 2 is 2.05 bits per heavy atom. The molecule has 1 amide bonds. The highest BCUT2D eigenvalue weighted by Gasteiger charge is 2.10. The van der Waals surface area contributed by atoms with Crippen molar-refractivity contribution in [2.45, 2.75) is 19.9 Å².